The van der Waals surface area contributed by atoms with Crippen molar-refractivity contribution in [2.75, 3.05) is 5.73 Å². The number of aromatic nitrogens is 2. The molecule has 1 radical (unpaired) electrons. The van der Waals surface area contributed by atoms with E-state index in [1.807, 2.05) is 0 Å². The molecule has 0 atom stereocenters. The van der Waals surface area contributed by atoms with E-state index >= 15 is 0 Å². The van der Waals surface area contributed by atoms with Gasteiger partial charge in [0.15, 0.2) is 0 Å². The zero-order valence-corrected chi connectivity index (χ0v) is 11.0. The summed E-state index contributed by atoms with van der Waals surface area (Å²) in [6.07, 6.45) is -4.52. The van der Waals surface area contributed by atoms with E-state index in [4.69, 9.17) is 28.9 Å². The van der Waals surface area contributed by atoms with Gasteiger partial charge in [-0.2, -0.15) is 18.3 Å². The molecule has 0 aliphatic rings. The number of nitrogen functional groups attached to an aromatic ring is 1. The molecule has 1 aromatic carbocycles. The zero-order chi connectivity index (χ0) is 14.4. The fraction of sp³-hybridized carbons (Fsp3) is 0.182. The molecular weight excluding hydrogens is 302 g/mol. The lowest BCUT2D eigenvalue weighted by Gasteiger charge is -2.13. The first-order valence-corrected chi connectivity index (χ1v) is 5.77. The van der Waals surface area contributed by atoms with Gasteiger partial charge in [-0.1, -0.05) is 23.2 Å². The normalized spacial score (nSPS) is 11.9. The van der Waals surface area contributed by atoms with Crippen molar-refractivity contribution in [2.45, 2.75) is 13.1 Å². The molecule has 1 aromatic heterocycles. The van der Waals surface area contributed by atoms with E-state index in [0.29, 0.717) is 5.69 Å². The number of anilines is 1. The van der Waals surface area contributed by atoms with Gasteiger partial charge in [0.1, 0.15) is 11.5 Å². The Bertz CT molecular complexity index is 612. The molecule has 0 fully saturated rings. The highest BCUT2D eigenvalue weighted by molar-refractivity contribution is 6.37. The van der Waals surface area contributed by atoms with Crippen molar-refractivity contribution in [3.63, 3.8) is 0 Å². The van der Waals surface area contributed by atoms with Crippen LogP contribution in [0.2, 0.25) is 10.0 Å². The van der Waals surface area contributed by atoms with Crippen LogP contribution in [0.25, 0.3) is 5.69 Å². The molecule has 2 N–H and O–H groups in total. The lowest BCUT2D eigenvalue weighted by atomic mass is 10.2. The van der Waals surface area contributed by atoms with Gasteiger partial charge in [-0.25, -0.2) is 4.68 Å². The molecule has 19 heavy (non-hydrogen) atoms. The standard InChI is InChI=1S/C11H7Cl2F3N3/c1-5-2-9(17)19(18-5)10-7(12)3-6(4-8(10)13)11(14,15)16/h3-4H,17H2,1H3. The van der Waals surface area contributed by atoms with Gasteiger partial charge in [0.2, 0.25) is 0 Å². The van der Waals surface area contributed by atoms with Crippen LogP contribution in [0.3, 0.4) is 0 Å². The largest absolute Gasteiger partial charge is 0.416 e. The summed E-state index contributed by atoms with van der Waals surface area (Å²) in [5.74, 6) is 0.112. The minimum absolute atomic E-state index is 0.0955. The van der Waals surface area contributed by atoms with E-state index in [2.05, 4.69) is 11.2 Å². The van der Waals surface area contributed by atoms with E-state index in [-0.39, 0.29) is 21.6 Å². The van der Waals surface area contributed by atoms with Gasteiger partial charge in [-0.15, -0.1) is 0 Å². The van der Waals surface area contributed by atoms with Crippen molar-refractivity contribution in [2.24, 2.45) is 0 Å². The summed E-state index contributed by atoms with van der Waals surface area (Å²) in [6, 6.07) is 4.25. The number of hydrogen-bond donors (Lipinski definition) is 1. The van der Waals surface area contributed by atoms with Crippen molar-refractivity contribution in [1.82, 2.24) is 9.78 Å². The van der Waals surface area contributed by atoms with Gasteiger partial charge in [0.05, 0.1) is 27.4 Å². The highest BCUT2D eigenvalue weighted by Gasteiger charge is 2.32. The van der Waals surface area contributed by atoms with Crippen LogP contribution in [0.4, 0.5) is 19.0 Å². The first-order valence-electron chi connectivity index (χ1n) is 5.01. The lowest BCUT2D eigenvalue weighted by Crippen LogP contribution is -2.08. The Hall–Kier alpha value is -1.40. The number of rotatable bonds is 1. The highest BCUT2D eigenvalue weighted by atomic mass is 35.5. The van der Waals surface area contributed by atoms with Crippen molar-refractivity contribution in [1.29, 1.82) is 0 Å². The predicted octanol–water partition coefficient (Wildman–Crippen LogP) is 3.89. The second-order valence-corrected chi connectivity index (χ2v) is 4.61. The number of hydrogen-bond acceptors (Lipinski definition) is 2. The Kier molecular flexibility index (Phi) is 3.40. The Morgan fingerprint density at radius 1 is 1.26 bits per heavy atom. The molecule has 2 aromatic rings. The third kappa shape index (κ3) is 2.64. The number of halogens is 5. The molecule has 0 aliphatic carbocycles. The molecule has 3 nitrogen and oxygen atoms in total. The van der Waals surface area contributed by atoms with Crippen LogP contribution in [0.1, 0.15) is 11.3 Å². The third-order valence-electron chi connectivity index (χ3n) is 2.34. The monoisotopic (exact) mass is 308 g/mol. The highest BCUT2D eigenvalue weighted by Crippen LogP contribution is 2.37. The Morgan fingerprint density at radius 3 is 2.16 bits per heavy atom. The van der Waals surface area contributed by atoms with Crippen LogP contribution in [-0.2, 0) is 6.18 Å². The lowest BCUT2D eigenvalue weighted by molar-refractivity contribution is -0.137. The number of aryl methyl sites for hydroxylation is 1. The molecule has 2 rings (SSSR count). The zero-order valence-electron chi connectivity index (χ0n) is 9.52. The predicted molar refractivity (Wildman–Crippen MR) is 66.6 cm³/mol. The van der Waals surface area contributed by atoms with Gasteiger partial charge in [-0.3, -0.25) is 0 Å². The molecule has 0 aliphatic heterocycles. The van der Waals surface area contributed by atoms with Crippen LogP contribution in [0.5, 0.6) is 0 Å². The molecule has 0 saturated heterocycles. The minimum atomic E-state index is -4.52. The van der Waals surface area contributed by atoms with E-state index in [9.17, 15) is 13.2 Å². The smallest absolute Gasteiger partial charge is 0.383 e. The average Bonchev–Trinajstić information content (AvgIpc) is 2.55. The van der Waals surface area contributed by atoms with E-state index in [0.717, 1.165) is 16.8 Å². The molecule has 0 amide bonds. The third-order valence-corrected chi connectivity index (χ3v) is 2.92. The van der Waals surface area contributed by atoms with Gasteiger partial charge < -0.3 is 5.73 Å². The number of nitrogens with zero attached hydrogens (tertiary/aromatic N) is 2. The van der Waals surface area contributed by atoms with Gasteiger partial charge >= 0.3 is 6.18 Å². The first-order chi connectivity index (χ1) is 8.70. The molecule has 0 bridgehead atoms. The van der Waals surface area contributed by atoms with Crippen LogP contribution < -0.4 is 5.73 Å². The quantitative estimate of drug-likeness (QED) is 0.868. The summed E-state index contributed by atoms with van der Waals surface area (Å²) in [5.41, 5.74) is 5.28. The first kappa shape index (κ1) is 14.0. The maximum Gasteiger partial charge on any atom is 0.416 e. The topological polar surface area (TPSA) is 43.8 Å². The molecule has 0 unspecified atom stereocenters. The Morgan fingerprint density at radius 2 is 1.79 bits per heavy atom. The maximum absolute atomic E-state index is 12.6. The van der Waals surface area contributed by atoms with Gasteiger partial charge in [-0.05, 0) is 19.1 Å². The van der Waals surface area contributed by atoms with E-state index in [1.54, 1.807) is 6.92 Å². The molecule has 0 spiro atoms. The van der Waals surface area contributed by atoms with E-state index in [1.165, 1.54) is 0 Å². The summed E-state index contributed by atoms with van der Waals surface area (Å²) in [6.45, 7) is 1.64. The van der Waals surface area contributed by atoms with Crippen LogP contribution in [0, 0.1) is 13.0 Å². The average molecular weight is 309 g/mol. The van der Waals surface area contributed by atoms with Crippen molar-refractivity contribution >= 4 is 29.0 Å². The van der Waals surface area contributed by atoms with Crippen LogP contribution >= 0.6 is 23.2 Å². The number of alkyl halides is 3. The number of benzene rings is 1. The van der Waals surface area contributed by atoms with Gasteiger partial charge in [0.25, 0.3) is 0 Å². The second kappa shape index (κ2) is 4.61. The van der Waals surface area contributed by atoms with E-state index < -0.39 is 11.7 Å². The SMILES string of the molecule is Cc1[c]c(N)n(-c2c(Cl)cc(C(F)(F)F)cc2Cl)n1. The van der Waals surface area contributed by atoms with Gasteiger partial charge in [0, 0.05) is 0 Å². The van der Waals surface area contributed by atoms with Crippen LogP contribution in [0.15, 0.2) is 12.1 Å². The summed E-state index contributed by atoms with van der Waals surface area (Å²) < 4.78 is 38.9. The van der Waals surface area contributed by atoms with Crippen molar-refractivity contribution < 1.29 is 13.2 Å². The second-order valence-electron chi connectivity index (χ2n) is 3.79. The summed E-state index contributed by atoms with van der Waals surface area (Å²) in [5, 5.41) is 3.60. The molecule has 8 heteroatoms. The molecule has 0 saturated carbocycles. The summed E-state index contributed by atoms with van der Waals surface area (Å²) in [7, 11) is 0. The Balaban J connectivity index is 2.64. The van der Waals surface area contributed by atoms with Crippen molar-refractivity contribution in [3.8, 4) is 5.69 Å². The number of nitrogens with two attached hydrogens (primary N) is 1. The maximum atomic E-state index is 12.6. The fourth-order valence-corrected chi connectivity index (χ4v) is 2.22. The molecular formula is C11H7Cl2F3N3. The Labute approximate surface area is 116 Å². The minimum Gasteiger partial charge on any atom is -0.383 e. The van der Waals surface area contributed by atoms with Crippen molar-refractivity contribution in [3.05, 3.63) is 39.5 Å². The summed E-state index contributed by atoms with van der Waals surface area (Å²) in [4.78, 5) is 0. The van der Waals surface area contributed by atoms with Crippen LogP contribution in [-0.4, -0.2) is 9.78 Å². The molecule has 101 valence electrons. The summed E-state index contributed by atoms with van der Waals surface area (Å²) >= 11 is 11.7. The molecule has 1 heterocycles. The fourth-order valence-electron chi connectivity index (χ4n) is 1.57.